The van der Waals surface area contributed by atoms with E-state index < -0.39 is 12.1 Å². The summed E-state index contributed by atoms with van der Waals surface area (Å²) in [7, 11) is 0. The van der Waals surface area contributed by atoms with Crippen molar-refractivity contribution in [2.24, 2.45) is 5.73 Å². The van der Waals surface area contributed by atoms with Crippen LogP contribution in [0.2, 0.25) is 0 Å². The van der Waals surface area contributed by atoms with Gasteiger partial charge >= 0.3 is 0 Å². The maximum absolute atomic E-state index is 12.7. The van der Waals surface area contributed by atoms with Gasteiger partial charge in [0, 0.05) is 30.9 Å². The van der Waals surface area contributed by atoms with Crippen molar-refractivity contribution in [3.63, 3.8) is 0 Å². The molecule has 6 nitrogen and oxygen atoms in total. The van der Waals surface area contributed by atoms with E-state index in [1.54, 1.807) is 0 Å². The Bertz CT molecular complexity index is 479. The minimum absolute atomic E-state index is 0.0613. The Kier molecular flexibility index (Phi) is 4.10. The first-order valence-corrected chi connectivity index (χ1v) is 5.80. The molecule has 0 saturated carbocycles. The van der Waals surface area contributed by atoms with Gasteiger partial charge in [0.2, 0.25) is 0 Å². The maximum atomic E-state index is 12.7. The van der Waals surface area contributed by atoms with E-state index in [4.69, 9.17) is 15.9 Å². The van der Waals surface area contributed by atoms with Gasteiger partial charge in [0.15, 0.2) is 0 Å². The van der Waals surface area contributed by atoms with Crippen LogP contribution < -0.4 is 5.73 Å². The first-order chi connectivity index (χ1) is 9.09. The summed E-state index contributed by atoms with van der Waals surface area (Å²) in [6, 6.07) is 0. The van der Waals surface area contributed by atoms with Crippen LogP contribution in [0.1, 0.15) is 17.7 Å². The van der Waals surface area contributed by atoms with Crippen LogP contribution in [0.15, 0.2) is 18.1 Å². The van der Waals surface area contributed by atoms with Gasteiger partial charge in [0.05, 0.1) is 18.9 Å². The average Bonchev–Trinajstić information content (AvgIpc) is 2.89. The van der Waals surface area contributed by atoms with Crippen molar-refractivity contribution in [1.82, 2.24) is 15.1 Å². The summed E-state index contributed by atoms with van der Waals surface area (Å²) in [6.07, 6.45) is -0.0887. The monoisotopic (exact) mass is 271 g/mol. The Hall–Kier alpha value is -1.96. The zero-order valence-electron chi connectivity index (χ0n) is 10.2. The number of rotatable bonds is 4. The molecule has 8 heteroatoms. The molecule has 4 N–H and O–H groups in total. The van der Waals surface area contributed by atoms with E-state index in [1.165, 1.54) is 12.3 Å². The lowest BCUT2D eigenvalue weighted by Crippen LogP contribution is -2.38. The summed E-state index contributed by atoms with van der Waals surface area (Å²) in [5, 5.41) is 13.6. The standard InChI is InChI=1S/C11H15F2N5O/c12-11(13)10-7(6-16-17-10)8(14)5-9(15)18-1-3-19-4-2-18/h5-6,11,14H,1-4,15H2,(H,16,17)/b9-5+,14-8?. The third-order valence-electron chi connectivity index (χ3n) is 2.84. The molecule has 1 aromatic rings. The van der Waals surface area contributed by atoms with Crippen LogP contribution in [-0.2, 0) is 4.74 Å². The summed E-state index contributed by atoms with van der Waals surface area (Å²) < 4.78 is 30.5. The highest BCUT2D eigenvalue weighted by Crippen LogP contribution is 2.20. The third kappa shape index (κ3) is 3.08. The fourth-order valence-electron chi connectivity index (χ4n) is 1.82. The van der Waals surface area contributed by atoms with Gasteiger partial charge in [0.25, 0.3) is 6.43 Å². The van der Waals surface area contributed by atoms with E-state index in [2.05, 4.69) is 10.2 Å². The number of nitrogens with zero attached hydrogens (tertiary/aromatic N) is 2. The molecule has 1 aromatic heterocycles. The van der Waals surface area contributed by atoms with Crippen molar-refractivity contribution in [1.29, 1.82) is 5.41 Å². The van der Waals surface area contributed by atoms with E-state index >= 15 is 0 Å². The summed E-state index contributed by atoms with van der Waals surface area (Å²) in [4.78, 5) is 1.85. The molecule has 0 unspecified atom stereocenters. The van der Waals surface area contributed by atoms with E-state index in [0.717, 1.165) is 0 Å². The fourth-order valence-corrected chi connectivity index (χ4v) is 1.82. The number of nitrogens with one attached hydrogen (secondary N) is 2. The van der Waals surface area contributed by atoms with Crippen molar-refractivity contribution in [3.8, 4) is 0 Å². The van der Waals surface area contributed by atoms with Crippen LogP contribution in [-0.4, -0.2) is 47.1 Å². The molecule has 104 valence electrons. The predicted molar refractivity (Wildman–Crippen MR) is 65.0 cm³/mol. The molecule has 1 aliphatic rings. The van der Waals surface area contributed by atoms with Gasteiger partial charge in [-0.3, -0.25) is 5.10 Å². The van der Waals surface area contributed by atoms with Gasteiger partial charge in [-0.05, 0) is 0 Å². The Morgan fingerprint density at radius 2 is 2.21 bits per heavy atom. The summed E-state index contributed by atoms with van der Waals surface area (Å²) in [6.45, 7) is 2.39. The van der Waals surface area contributed by atoms with Crippen LogP contribution >= 0.6 is 0 Å². The van der Waals surface area contributed by atoms with Crippen LogP contribution in [0.3, 0.4) is 0 Å². The summed E-state index contributed by atoms with van der Waals surface area (Å²) >= 11 is 0. The summed E-state index contributed by atoms with van der Waals surface area (Å²) in [5.74, 6) is 0.370. The average molecular weight is 271 g/mol. The Morgan fingerprint density at radius 3 is 2.84 bits per heavy atom. The molecule has 1 saturated heterocycles. The van der Waals surface area contributed by atoms with Crippen molar-refractivity contribution in [2.75, 3.05) is 26.3 Å². The molecule has 0 amide bonds. The molecular formula is C11H15F2N5O. The molecule has 2 heterocycles. The maximum Gasteiger partial charge on any atom is 0.282 e. The van der Waals surface area contributed by atoms with Gasteiger partial charge in [-0.25, -0.2) is 8.78 Å². The predicted octanol–water partition coefficient (Wildman–Crippen LogP) is 0.847. The number of morpholine rings is 1. The Morgan fingerprint density at radius 1 is 1.53 bits per heavy atom. The van der Waals surface area contributed by atoms with E-state index in [9.17, 15) is 8.78 Å². The summed E-state index contributed by atoms with van der Waals surface area (Å²) in [5.41, 5.74) is 5.39. The van der Waals surface area contributed by atoms with Crippen LogP contribution in [0.4, 0.5) is 8.78 Å². The second-order valence-electron chi connectivity index (χ2n) is 4.07. The van der Waals surface area contributed by atoms with E-state index in [1.807, 2.05) is 4.90 Å². The van der Waals surface area contributed by atoms with Gasteiger partial charge in [-0.1, -0.05) is 0 Å². The fraction of sp³-hybridized carbons (Fsp3) is 0.455. The molecular weight excluding hydrogens is 256 g/mol. The van der Waals surface area contributed by atoms with Crippen LogP contribution in [0.25, 0.3) is 0 Å². The highest BCUT2D eigenvalue weighted by Gasteiger charge is 2.19. The first kappa shape index (κ1) is 13.5. The van der Waals surface area contributed by atoms with Crippen molar-refractivity contribution in [3.05, 3.63) is 29.4 Å². The SMILES string of the molecule is N=C(/C=C(\N)N1CCOCC1)c1c[nH]nc1C(F)F. The van der Waals surface area contributed by atoms with Gasteiger partial charge in [-0.2, -0.15) is 5.10 Å². The topological polar surface area (TPSA) is 91.0 Å². The molecule has 1 aliphatic heterocycles. The molecule has 0 bridgehead atoms. The number of alkyl halides is 2. The van der Waals surface area contributed by atoms with Gasteiger partial charge in [0.1, 0.15) is 11.5 Å². The number of halogens is 2. The van der Waals surface area contributed by atoms with E-state index in [-0.39, 0.29) is 11.3 Å². The lowest BCUT2D eigenvalue weighted by molar-refractivity contribution is 0.0531. The third-order valence-corrected chi connectivity index (χ3v) is 2.84. The molecule has 0 aromatic carbocycles. The number of hydrogen-bond donors (Lipinski definition) is 3. The normalized spacial score (nSPS) is 17.0. The van der Waals surface area contributed by atoms with Crippen molar-refractivity contribution >= 4 is 5.71 Å². The van der Waals surface area contributed by atoms with Crippen LogP contribution in [0.5, 0.6) is 0 Å². The quantitative estimate of drug-likeness (QED) is 0.708. The number of H-pyrrole nitrogens is 1. The minimum Gasteiger partial charge on any atom is -0.385 e. The number of nitrogens with two attached hydrogens (primary N) is 1. The minimum atomic E-state index is -2.72. The Balaban J connectivity index is 2.12. The van der Waals surface area contributed by atoms with Crippen molar-refractivity contribution < 1.29 is 13.5 Å². The lowest BCUT2D eigenvalue weighted by Gasteiger charge is -2.28. The Labute approximate surface area is 108 Å². The lowest BCUT2D eigenvalue weighted by atomic mass is 10.1. The molecule has 19 heavy (non-hydrogen) atoms. The smallest absolute Gasteiger partial charge is 0.282 e. The highest BCUT2D eigenvalue weighted by atomic mass is 19.3. The van der Waals surface area contributed by atoms with Gasteiger partial charge in [-0.15, -0.1) is 0 Å². The largest absolute Gasteiger partial charge is 0.385 e. The highest BCUT2D eigenvalue weighted by molar-refractivity contribution is 6.07. The second-order valence-corrected chi connectivity index (χ2v) is 4.07. The zero-order chi connectivity index (χ0) is 13.8. The number of ether oxygens (including phenoxy) is 1. The molecule has 0 radical (unpaired) electrons. The van der Waals surface area contributed by atoms with Gasteiger partial charge < -0.3 is 20.8 Å². The number of aromatic nitrogens is 2. The number of allylic oxidation sites excluding steroid dienone is 1. The second kappa shape index (κ2) is 5.79. The first-order valence-electron chi connectivity index (χ1n) is 5.80. The molecule has 0 aliphatic carbocycles. The molecule has 1 fully saturated rings. The number of aromatic amines is 1. The number of hydrogen-bond acceptors (Lipinski definition) is 5. The van der Waals surface area contributed by atoms with Crippen molar-refractivity contribution in [2.45, 2.75) is 6.43 Å². The van der Waals surface area contributed by atoms with Crippen LogP contribution in [0, 0.1) is 5.41 Å². The molecule has 2 rings (SSSR count). The van der Waals surface area contributed by atoms with E-state index in [0.29, 0.717) is 32.1 Å². The molecule has 0 spiro atoms. The zero-order valence-corrected chi connectivity index (χ0v) is 10.2. The molecule has 0 atom stereocenters.